The maximum Gasteiger partial charge on any atom is 0.332 e. The van der Waals surface area contributed by atoms with Gasteiger partial charge in [0.2, 0.25) is 5.91 Å². The van der Waals surface area contributed by atoms with Crippen LogP contribution in [-0.2, 0) is 19.1 Å². The molecule has 6 heteroatoms. The summed E-state index contributed by atoms with van der Waals surface area (Å²) in [4.78, 5) is 36.1. The quantitative estimate of drug-likeness (QED) is 0.763. The number of hydrogen-bond acceptors (Lipinski definition) is 4. The van der Waals surface area contributed by atoms with E-state index in [1.165, 1.54) is 12.5 Å². The number of esters is 1. The van der Waals surface area contributed by atoms with Gasteiger partial charge in [-0.2, -0.15) is 0 Å². The summed E-state index contributed by atoms with van der Waals surface area (Å²) in [6.07, 6.45) is 3.82. The van der Waals surface area contributed by atoms with E-state index in [4.69, 9.17) is 4.74 Å². The zero-order valence-corrected chi connectivity index (χ0v) is 15.8. The number of anilines is 1. The minimum absolute atomic E-state index is 0.265. The fourth-order valence-corrected chi connectivity index (χ4v) is 3.29. The molecule has 1 aromatic rings. The Hall–Kier alpha value is -2.37. The summed E-state index contributed by atoms with van der Waals surface area (Å²) in [5.74, 6) is -0.776. The maximum atomic E-state index is 12.5. The molecule has 2 N–H and O–H groups in total. The number of carbonyl (C=O) groups is 3. The van der Waals surface area contributed by atoms with Crippen LogP contribution >= 0.6 is 0 Å². The van der Waals surface area contributed by atoms with Crippen molar-refractivity contribution in [3.8, 4) is 0 Å². The van der Waals surface area contributed by atoms with E-state index in [0.29, 0.717) is 24.4 Å². The van der Waals surface area contributed by atoms with E-state index in [0.717, 1.165) is 19.3 Å². The van der Waals surface area contributed by atoms with Gasteiger partial charge in [-0.1, -0.05) is 45.2 Å². The van der Waals surface area contributed by atoms with Crippen LogP contribution in [0.1, 0.15) is 64.4 Å². The van der Waals surface area contributed by atoms with Crippen LogP contribution in [-0.4, -0.2) is 29.9 Å². The van der Waals surface area contributed by atoms with Gasteiger partial charge in [0, 0.05) is 12.6 Å². The van der Waals surface area contributed by atoms with Crippen LogP contribution in [0, 0.1) is 0 Å². The molecular formula is C20H28N2O4. The Balaban J connectivity index is 1.90. The first-order chi connectivity index (χ1) is 12.3. The minimum Gasteiger partial charge on any atom is -0.454 e. The van der Waals surface area contributed by atoms with E-state index in [2.05, 4.69) is 24.5 Å². The van der Waals surface area contributed by atoms with Crippen molar-refractivity contribution < 1.29 is 19.1 Å². The summed E-state index contributed by atoms with van der Waals surface area (Å²) in [5.41, 5.74) is 0.845. The number of hydrogen-bond donors (Lipinski definition) is 2. The van der Waals surface area contributed by atoms with Gasteiger partial charge in [-0.25, -0.2) is 4.79 Å². The molecule has 0 bridgehead atoms. The smallest absolute Gasteiger partial charge is 0.332 e. The van der Waals surface area contributed by atoms with E-state index >= 15 is 0 Å². The predicted molar refractivity (Wildman–Crippen MR) is 99.8 cm³/mol. The fourth-order valence-electron chi connectivity index (χ4n) is 3.29. The van der Waals surface area contributed by atoms with Crippen molar-refractivity contribution in [2.24, 2.45) is 0 Å². The second-order valence-electron chi connectivity index (χ2n) is 7.22. The van der Waals surface area contributed by atoms with Crippen molar-refractivity contribution in [1.29, 1.82) is 0 Å². The third kappa shape index (κ3) is 5.31. The third-order valence-electron chi connectivity index (χ3n) is 4.71. The highest BCUT2D eigenvalue weighted by atomic mass is 16.5. The molecule has 26 heavy (non-hydrogen) atoms. The highest BCUT2D eigenvalue weighted by Crippen LogP contribution is 2.29. The van der Waals surface area contributed by atoms with Crippen LogP contribution in [0.2, 0.25) is 0 Å². The van der Waals surface area contributed by atoms with Crippen LogP contribution in [0.15, 0.2) is 24.3 Å². The van der Waals surface area contributed by atoms with Gasteiger partial charge in [0.1, 0.15) is 5.54 Å². The molecule has 2 rings (SSSR count). The Morgan fingerprint density at radius 1 is 1.08 bits per heavy atom. The second-order valence-corrected chi connectivity index (χ2v) is 7.22. The molecule has 0 spiro atoms. The largest absolute Gasteiger partial charge is 0.454 e. The SMILES string of the molecule is CC(=O)NC1(C(=O)OCC(=O)Nc2ccc(C(C)C)cc2)CCCCC1. The highest BCUT2D eigenvalue weighted by molar-refractivity contribution is 5.94. The average molecular weight is 360 g/mol. The maximum absolute atomic E-state index is 12.5. The molecule has 1 fully saturated rings. The number of rotatable bonds is 6. The Bertz CT molecular complexity index is 646. The normalized spacial score (nSPS) is 16.0. The minimum atomic E-state index is -0.997. The molecular weight excluding hydrogens is 332 g/mol. The molecule has 142 valence electrons. The Morgan fingerprint density at radius 2 is 1.69 bits per heavy atom. The number of ether oxygens (including phenoxy) is 1. The monoisotopic (exact) mass is 360 g/mol. The van der Waals surface area contributed by atoms with Gasteiger partial charge in [0.05, 0.1) is 0 Å². The molecule has 1 saturated carbocycles. The van der Waals surface area contributed by atoms with Gasteiger partial charge in [-0.3, -0.25) is 9.59 Å². The predicted octanol–water partition coefficient (Wildman–Crippen LogP) is 3.13. The van der Waals surface area contributed by atoms with Gasteiger partial charge >= 0.3 is 5.97 Å². The van der Waals surface area contributed by atoms with Crippen molar-refractivity contribution in [2.75, 3.05) is 11.9 Å². The van der Waals surface area contributed by atoms with Gasteiger partial charge < -0.3 is 15.4 Å². The first-order valence-corrected chi connectivity index (χ1v) is 9.18. The van der Waals surface area contributed by atoms with Crippen LogP contribution in [0.25, 0.3) is 0 Å². The Kier molecular flexibility index (Phi) is 6.77. The lowest BCUT2D eigenvalue weighted by Crippen LogP contribution is -2.56. The van der Waals surface area contributed by atoms with Crippen molar-refractivity contribution in [3.63, 3.8) is 0 Å². The van der Waals surface area contributed by atoms with Crippen LogP contribution in [0.4, 0.5) is 5.69 Å². The van der Waals surface area contributed by atoms with Crippen molar-refractivity contribution >= 4 is 23.5 Å². The number of benzene rings is 1. The molecule has 1 aromatic carbocycles. The van der Waals surface area contributed by atoms with Crippen LogP contribution in [0.3, 0.4) is 0 Å². The molecule has 6 nitrogen and oxygen atoms in total. The lowest BCUT2D eigenvalue weighted by Gasteiger charge is -2.35. The Labute approximate surface area is 154 Å². The molecule has 2 amide bonds. The number of amides is 2. The summed E-state index contributed by atoms with van der Waals surface area (Å²) in [6, 6.07) is 7.57. The first kappa shape index (κ1) is 19.9. The van der Waals surface area contributed by atoms with Gasteiger partial charge in [0.15, 0.2) is 6.61 Å². The van der Waals surface area contributed by atoms with Crippen molar-refractivity contribution in [1.82, 2.24) is 5.32 Å². The molecule has 0 unspecified atom stereocenters. The zero-order valence-electron chi connectivity index (χ0n) is 15.8. The number of nitrogens with one attached hydrogen (secondary N) is 2. The molecule has 0 heterocycles. The van der Waals surface area contributed by atoms with Gasteiger partial charge in [0.25, 0.3) is 5.91 Å². The number of carbonyl (C=O) groups excluding carboxylic acids is 3. The van der Waals surface area contributed by atoms with Gasteiger partial charge in [-0.15, -0.1) is 0 Å². The first-order valence-electron chi connectivity index (χ1n) is 9.18. The lowest BCUT2D eigenvalue weighted by atomic mass is 9.81. The van der Waals surface area contributed by atoms with Gasteiger partial charge in [-0.05, 0) is 36.5 Å². The van der Waals surface area contributed by atoms with E-state index in [-0.39, 0.29) is 12.5 Å². The summed E-state index contributed by atoms with van der Waals surface area (Å²) in [6.45, 7) is 5.22. The fraction of sp³-hybridized carbons (Fsp3) is 0.550. The molecule has 1 aliphatic rings. The van der Waals surface area contributed by atoms with Crippen molar-refractivity contribution in [3.05, 3.63) is 29.8 Å². The molecule has 0 saturated heterocycles. The third-order valence-corrected chi connectivity index (χ3v) is 4.71. The second kappa shape index (κ2) is 8.83. The van der Waals surface area contributed by atoms with Crippen LogP contribution in [0.5, 0.6) is 0 Å². The van der Waals surface area contributed by atoms with E-state index in [1.54, 1.807) is 0 Å². The lowest BCUT2D eigenvalue weighted by molar-refractivity contribution is -0.157. The average Bonchev–Trinajstić information content (AvgIpc) is 2.60. The van der Waals surface area contributed by atoms with E-state index in [1.807, 2.05) is 24.3 Å². The molecule has 0 aromatic heterocycles. The highest BCUT2D eigenvalue weighted by Gasteiger charge is 2.41. The van der Waals surface area contributed by atoms with E-state index in [9.17, 15) is 14.4 Å². The zero-order chi connectivity index (χ0) is 19.2. The van der Waals surface area contributed by atoms with Crippen molar-refractivity contribution in [2.45, 2.75) is 64.3 Å². The van der Waals surface area contributed by atoms with Crippen LogP contribution < -0.4 is 10.6 Å². The summed E-state index contributed by atoms with van der Waals surface area (Å²) in [5, 5.41) is 5.46. The topological polar surface area (TPSA) is 84.5 Å². The standard InChI is InChI=1S/C20H28N2O4/c1-14(2)16-7-9-17(10-8-16)21-18(24)13-26-19(25)20(22-15(3)23)11-5-4-6-12-20/h7-10,14H,4-6,11-13H2,1-3H3,(H,21,24)(H,22,23). The van der Waals surface area contributed by atoms with E-state index < -0.39 is 17.4 Å². The Morgan fingerprint density at radius 3 is 2.23 bits per heavy atom. The molecule has 0 atom stereocenters. The molecule has 0 aliphatic heterocycles. The molecule has 1 aliphatic carbocycles. The summed E-state index contributed by atoms with van der Waals surface area (Å²) in [7, 11) is 0. The molecule has 0 radical (unpaired) electrons. The summed E-state index contributed by atoms with van der Waals surface area (Å²) >= 11 is 0. The summed E-state index contributed by atoms with van der Waals surface area (Å²) < 4.78 is 5.22.